The van der Waals surface area contributed by atoms with Gasteiger partial charge in [-0.15, -0.1) is 0 Å². The number of likely N-dealkylation sites (N-methyl/N-ethyl adjacent to an activating group) is 1. The molecule has 1 amide bonds. The van der Waals surface area contributed by atoms with Gasteiger partial charge in [0.15, 0.2) is 0 Å². The molecule has 0 saturated carbocycles. The van der Waals surface area contributed by atoms with Crippen LogP contribution in [0.5, 0.6) is 0 Å². The van der Waals surface area contributed by atoms with E-state index in [1.54, 1.807) is 6.20 Å². The number of piperidine rings is 2. The number of likely N-dealkylation sites (tertiary alicyclic amines) is 2. The summed E-state index contributed by atoms with van der Waals surface area (Å²) < 4.78 is 1.86. The summed E-state index contributed by atoms with van der Waals surface area (Å²) in [5.41, 5.74) is -0.466. The largest absolute Gasteiger partial charge is 0.480 e. The lowest BCUT2D eigenvalue weighted by Crippen LogP contribution is -2.65. The van der Waals surface area contributed by atoms with E-state index in [1.165, 1.54) is 0 Å². The third-order valence-electron chi connectivity index (χ3n) is 5.77. The summed E-state index contributed by atoms with van der Waals surface area (Å²) in [5.74, 6) is -0.736. The van der Waals surface area contributed by atoms with E-state index >= 15 is 0 Å². The fourth-order valence-electron chi connectivity index (χ4n) is 4.42. The van der Waals surface area contributed by atoms with E-state index in [0.717, 1.165) is 51.9 Å². The predicted molar refractivity (Wildman–Crippen MR) is 96.6 cm³/mol. The second kappa shape index (κ2) is 8.18. The van der Waals surface area contributed by atoms with Crippen molar-refractivity contribution in [1.29, 1.82) is 0 Å². The summed E-state index contributed by atoms with van der Waals surface area (Å²) in [6.07, 6.45) is 6.99. The average molecular weight is 363 g/mol. The topological polar surface area (TPSA) is 90.7 Å². The van der Waals surface area contributed by atoms with Gasteiger partial charge < -0.3 is 15.3 Å². The van der Waals surface area contributed by atoms with Crippen molar-refractivity contribution in [3.8, 4) is 0 Å². The van der Waals surface area contributed by atoms with Crippen LogP contribution in [0.2, 0.25) is 0 Å². The lowest BCUT2D eigenvalue weighted by atomic mass is 9.67. The summed E-state index contributed by atoms with van der Waals surface area (Å²) in [6.45, 7) is 3.76. The normalized spacial score (nSPS) is 27.0. The van der Waals surface area contributed by atoms with Gasteiger partial charge in [0, 0.05) is 38.1 Å². The van der Waals surface area contributed by atoms with E-state index in [9.17, 15) is 14.7 Å². The Balaban J connectivity index is 1.63. The summed E-state index contributed by atoms with van der Waals surface area (Å²) in [6, 6.07) is 1.86. The average Bonchev–Trinajstić information content (AvgIpc) is 3.12. The molecular weight excluding hydrogens is 334 g/mol. The number of carboxylic acid groups (broad SMARTS) is 1. The van der Waals surface area contributed by atoms with Crippen molar-refractivity contribution in [2.75, 3.05) is 39.8 Å². The summed E-state index contributed by atoms with van der Waals surface area (Å²) in [7, 11) is 2.04. The van der Waals surface area contributed by atoms with Crippen LogP contribution < -0.4 is 5.32 Å². The minimum absolute atomic E-state index is 0.00678. The molecule has 0 bridgehead atoms. The molecule has 3 rings (SSSR count). The fourth-order valence-corrected chi connectivity index (χ4v) is 4.42. The highest BCUT2D eigenvalue weighted by molar-refractivity contribution is 5.84. The molecule has 1 aromatic rings. The number of hydrogen-bond donors (Lipinski definition) is 2. The number of hydrogen-bond acceptors (Lipinski definition) is 5. The Morgan fingerprint density at radius 1 is 1.35 bits per heavy atom. The Kier molecular flexibility index (Phi) is 5.93. The van der Waals surface area contributed by atoms with Crippen molar-refractivity contribution in [2.24, 2.45) is 5.41 Å². The number of carbonyl (C=O) groups is 2. The lowest BCUT2D eigenvalue weighted by Gasteiger charge is -2.53. The van der Waals surface area contributed by atoms with E-state index in [4.69, 9.17) is 0 Å². The first-order chi connectivity index (χ1) is 12.5. The maximum absolute atomic E-state index is 13.1. The number of aromatic nitrogens is 2. The molecule has 2 aliphatic heterocycles. The van der Waals surface area contributed by atoms with Gasteiger partial charge in [-0.2, -0.15) is 5.10 Å². The first-order valence-corrected chi connectivity index (χ1v) is 9.41. The molecule has 2 aliphatic rings. The van der Waals surface area contributed by atoms with Gasteiger partial charge in [-0.25, -0.2) is 0 Å². The summed E-state index contributed by atoms with van der Waals surface area (Å²) in [5, 5.41) is 16.5. The van der Waals surface area contributed by atoms with Gasteiger partial charge in [0.2, 0.25) is 5.91 Å². The van der Waals surface area contributed by atoms with Gasteiger partial charge in [0.05, 0.1) is 12.0 Å². The minimum Gasteiger partial charge on any atom is -0.480 e. The van der Waals surface area contributed by atoms with Crippen LogP contribution in [-0.2, 0) is 16.1 Å². The number of aryl methyl sites for hydroxylation is 1. The number of carbonyl (C=O) groups excluding carboxylic acids is 1. The van der Waals surface area contributed by atoms with Gasteiger partial charge in [0.1, 0.15) is 0 Å². The molecule has 1 aromatic heterocycles. The third-order valence-corrected chi connectivity index (χ3v) is 5.77. The van der Waals surface area contributed by atoms with E-state index in [2.05, 4.69) is 15.3 Å². The summed E-state index contributed by atoms with van der Waals surface area (Å²) in [4.78, 5) is 28.6. The van der Waals surface area contributed by atoms with E-state index < -0.39 is 11.4 Å². The minimum atomic E-state index is -0.825. The maximum Gasteiger partial charge on any atom is 0.317 e. The van der Waals surface area contributed by atoms with Crippen LogP contribution in [0.15, 0.2) is 18.5 Å². The molecule has 2 saturated heterocycles. The van der Waals surface area contributed by atoms with Crippen LogP contribution in [0.1, 0.15) is 25.7 Å². The Bertz CT molecular complexity index is 620. The quantitative estimate of drug-likeness (QED) is 0.676. The monoisotopic (exact) mass is 363 g/mol. The molecule has 8 nitrogen and oxygen atoms in total. The van der Waals surface area contributed by atoms with Crippen molar-refractivity contribution in [3.05, 3.63) is 18.5 Å². The molecule has 0 radical (unpaired) electrons. The highest BCUT2D eigenvalue weighted by atomic mass is 16.4. The molecular formula is C18H29N5O3. The lowest BCUT2D eigenvalue weighted by molar-refractivity contribution is -0.151. The van der Waals surface area contributed by atoms with Crippen LogP contribution in [-0.4, -0.2) is 82.4 Å². The first-order valence-electron chi connectivity index (χ1n) is 9.41. The highest BCUT2D eigenvalue weighted by Gasteiger charge is 2.52. The van der Waals surface area contributed by atoms with Gasteiger partial charge in [-0.05, 0) is 51.9 Å². The Labute approximate surface area is 154 Å². The van der Waals surface area contributed by atoms with Crippen molar-refractivity contribution in [3.63, 3.8) is 0 Å². The van der Waals surface area contributed by atoms with E-state index in [1.807, 2.05) is 28.9 Å². The molecule has 0 unspecified atom stereocenters. The summed E-state index contributed by atoms with van der Waals surface area (Å²) >= 11 is 0. The smallest absolute Gasteiger partial charge is 0.317 e. The fraction of sp³-hybridized carbons (Fsp3) is 0.722. The van der Waals surface area contributed by atoms with Crippen LogP contribution in [0.25, 0.3) is 0 Å². The second-order valence-corrected chi connectivity index (χ2v) is 7.53. The number of rotatable bonds is 7. The van der Waals surface area contributed by atoms with E-state index in [0.29, 0.717) is 6.54 Å². The Hall–Kier alpha value is -1.93. The predicted octanol–water partition coefficient (Wildman–Crippen LogP) is 0.260. The number of nitrogens with one attached hydrogen (secondary N) is 1. The van der Waals surface area contributed by atoms with Crippen molar-refractivity contribution >= 4 is 11.9 Å². The van der Waals surface area contributed by atoms with Crippen LogP contribution in [0.3, 0.4) is 0 Å². The van der Waals surface area contributed by atoms with E-state index in [-0.39, 0.29) is 18.5 Å². The Morgan fingerprint density at radius 2 is 2.19 bits per heavy atom. The van der Waals surface area contributed by atoms with Crippen LogP contribution in [0, 0.1) is 5.41 Å². The molecule has 144 valence electrons. The van der Waals surface area contributed by atoms with Crippen LogP contribution in [0.4, 0.5) is 0 Å². The number of amides is 1. The molecule has 3 heterocycles. The Morgan fingerprint density at radius 3 is 2.92 bits per heavy atom. The number of aliphatic carboxylic acids is 1. The van der Waals surface area contributed by atoms with Gasteiger partial charge in [-0.3, -0.25) is 19.2 Å². The number of carboxylic acids is 1. The van der Waals surface area contributed by atoms with Crippen molar-refractivity contribution in [1.82, 2.24) is 24.9 Å². The number of nitrogens with zero attached hydrogens (tertiary/aromatic N) is 4. The SMILES string of the molecule is CN1CC[C@]2(C(=O)NCCCn3cccn3)CCCN(CC(=O)O)[C@H]2C1. The molecule has 0 spiro atoms. The molecule has 26 heavy (non-hydrogen) atoms. The molecule has 2 fully saturated rings. The molecule has 2 N–H and O–H groups in total. The zero-order valence-electron chi connectivity index (χ0n) is 15.4. The van der Waals surface area contributed by atoms with Gasteiger partial charge in [0.25, 0.3) is 0 Å². The van der Waals surface area contributed by atoms with Gasteiger partial charge in [-0.1, -0.05) is 0 Å². The van der Waals surface area contributed by atoms with Crippen molar-refractivity contribution < 1.29 is 14.7 Å². The third kappa shape index (κ3) is 4.07. The highest BCUT2D eigenvalue weighted by Crippen LogP contribution is 2.42. The maximum atomic E-state index is 13.1. The first kappa shape index (κ1) is 18.8. The molecule has 0 aromatic carbocycles. The zero-order valence-corrected chi connectivity index (χ0v) is 15.4. The van der Waals surface area contributed by atoms with Gasteiger partial charge >= 0.3 is 5.97 Å². The molecule has 8 heteroatoms. The number of fused-ring (bicyclic) bond motifs is 1. The standard InChI is InChI=1S/C18H29N5O3/c1-21-12-6-18(5-2-9-22(14-16(24)25)15(18)13-21)17(26)19-7-3-10-23-11-4-8-20-23/h4,8,11,15H,2-3,5-7,9-10,12-14H2,1H3,(H,19,26)(H,24,25)/t15-,18+/m0/s1. The van der Waals surface area contributed by atoms with Crippen LogP contribution >= 0.6 is 0 Å². The molecule has 2 atom stereocenters. The van der Waals surface area contributed by atoms with Crippen molar-refractivity contribution in [2.45, 2.75) is 38.3 Å². The second-order valence-electron chi connectivity index (χ2n) is 7.53. The molecule has 0 aliphatic carbocycles. The zero-order chi connectivity index (χ0) is 18.6.